The van der Waals surface area contributed by atoms with Crippen molar-refractivity contribution in [1.29, 1.82) is 0 Å². The van der Waals surface area contributed by atoms with Crippen molar-refractivity contribution >= 4 is 55.1 Å². The maximum Gasteiger partial charge on any atom is 0.0691 e. The highest BCUT2D eigenvalue weighted by atomic mass is 15.2. The topological polar surface area (TPSA) is 29.3 Å². The van der Waals surface area contributed by atoms with E-state index in [4.69, 9.17) is 5.73 Å². The number of hydrogen-bond donors (Lipinski definition) is 1. The Labute approximate surface area is 206 Å². The van der Waals surface area contributed by atoms with Crippen molar-refractivity contribution in [3.63, 3.8) is 0 Å². The Balaban J connectivity index is 1.72. The molecule has 0 saturated carbocycles. The SMILES string of the molecule is Cc1ccc(N(c2ccccc2N)c2cc3ccc4cc(C)c(C)c5ccc(c2C)c3c45)c(C)c1. The lowest BCUT2D eigenvalue weighted by atomic mass is 9.88. The van der Waals surface area contributed by atoms with Gasteiger partial charge in [0, 0.05) is 5.69 Å². The number of nitrogen functional groups attached to an aromatic ring is 1. The van der Waals surface area contributed by atoms with Gasteiger partial charge >= 0.3 is 0 Å². The Hall–Kier alpha value is -4.04. The first-order chi connectivity index (χ1) is 16.8. The first-order valence-electron chi connectivity index (χ1n) is 12.3. The fraction of sp³-hybridized carbons (Fsp3) is 0.152. The molecular weight excluding hydrogens is 424 g/mol. The van der Waals surface area contributed by atoms with Gasteiger partial charge in [-0.05, 0) is 113 Å². The second-order valence-electron chi connectivity index (χ2n) is 9.95. The molecule has 0 atom stereocenters. The van der Waals surface area contributed by atoms with Gasteiger partial charge in [0.25, 0.3) is 0 Å². The first kappa shape index (κ1) is 21.5. The molecule has 0 aromatic heterocycles. The van der Waals surface area contributed by atoms with Gasteiger partial charge in [0.1, 0.15) is 0 Å². The van der Waals surface area contributed by atoms with Crippen molar-refractivity contribution in [2.75, 3.05) is 10.6 Å². The quantitative estimate of drug-likeness (QED) is 0.213. The minimum absolute atomic E-state index is 0.767. The van der Waals surface area contributed by atoms with Crippen molar-refractivity contribution in [2.45, 2.75) is 34.6 Å². The van der Waals surface area contributed by atoms with Crippen LogP contribution in [-0.2, 0) is 0 Å². The lowest BCUT2D eigenvalue weighted by Crippen LogP contribution is -2.14. The van der Waals surface area contributed by atoms with Crippen LogP contribution in [0, 0.1) is 34.6 Å². The van der Waals surface area contributed by atoms with Crippen LogP contribution in [0.1, 0.15) is 27.8 Å². The largest absolute Gasteiger partial charge is 0.397 e. The number of rotatable bonds is 3. The standard InChI is InChI=1S/C33H30N2/c1-19-10-15-29(21(3)16-19)35(30-9-7-6-8-28(30)34)31-18-25-12-11-24-17-20(2)22(4)26-13-14-27(23(31)5)33(25)32(24)26/h6-18H,34H2,1-5H3. The van der Waals surface area contributed by atoms with E-state index in [1.807, 2.05) is 12.1 Å². The van der Waals surface area contributed by atoms with Crippen molar-refractivity contribution in [1.82, 2.24) is 0 Å². The first-order valence-corrected chi connectivity index (χ1v) is 12.3. The van der Waals surface area contributed by atoms with Gasteiger partial charge in [-0.2, -0.15) is 0 Å². The molecular formula is C33H30N2. The van der Waals surface area contributed by atoms with E-state index < -0.39 is 0 Å². The molecule has 0 amide bonds. The molecule has 0 heterocycles. The molecule has 2 heteroatoms. The lowest BCUT2D eigenvalue weighted by molar-refractivity contribution is 1.23. The van der Waals surface area contributed by atoms with Gasteiger partial charge in [0.15, 0.2) is 0 Å². The zero-order chi connectivity index (χ0) is 24.4. The third-order valence-electron chi connectivity index (χ3n) is 7.68. The highest BCUT2D eigenvalue weighted by Gasteiger charge is 2.22. The van der Waals surface area contributed by atoms with E-state index in [2.05, 4.69) is 106 Å². The summed E-state index contributed by atoms with van der Waals surface area (Å²) >= 11 is 0. The number of hydrogen-bond acceptors (Lipinski definition) is 2. The molecule has 0 fully saturated rings. The highest BCUT2D eigenvalue weighted by Crippen LogP contribution is 2.46. The third-order valence-corrected chi connectivity index (χ3v) is 7.68. The molecule has 2 N–H and O–H groups in total. The van der Waals surface area contributed by atoms with Crippen molar-refractivity contribution < 1.29 is 0 Å². The Morgan fingerprint density at radius 1 is 0.543 bits per heavy atom. The number of anilines is 4. The van der Waals surface area contributed by atoms with Crippen LogP contribution in [0.3, 0.4) is 0 Å². The maximum atomic E-state index is 6.57. The molecule has 0 spiro atoms. The van der Waals surface area contributed by atoms with Crippen molar-refractivity contribution in [2.24, 2.45) is 0 Å². The number of para-hydroxylation sites is 2. The predicted octanol–water partition coefficient (Wildman–Crippen LogP) is 9.18. The summed E-state index contributed by atoms with van der Waals surface area (Å²) in [7, 11) is 0. The molecule has 0 aliphatic heterocycles. The van der Waals surface area contributed by atoms with E-state index in [9.17, 15) is 0 Å². The normalized spacial score (nSPS) is 11.7. The number of aryl methyl sites for hydroxylation is 5. The fourth-order valence-corrected chi connectivity index (χ4v) is 5.73. The van der Waals surface area contributed by atoms with Crippen LogP contribution in [0.2, 0.25) is 0 Å². The van der Waals surface area contributed by atoms with Gasteiger partial charge in [-0.1, -0.05) is 60.2 Å². The van der Waals surface area contributed by atoms with Crippen LogP contribution >= 0.6 is 0 Å². The predicted molar refractivity (Wildman–Crippen MR) is 153 cm³/mol. The van der Waals surface area contributed by atoms with Gasteiger partial charge in [-0.25, -0.2) is 0 Å². The molecule has 0 radical (unpaired) electrons. The highest BCUT2D eigenvalue weighted by molar-refractivity contribution is 6.25. The summed E-state index contributed by atoms with van der Waals surface area (Å²) in [6.07, 6.45) is 0. The third kappa shape index (κ3) is 3.17. The van der Waals surface area contributed by atoms with Gasteiger partial charge in [0.2, 0.25) is 0 Å². The molecule has 0 aliphatic carbocycles. The van der Waals surface area contributed by atoms with E-state index in [0.717, 1.165) is 22.7 Å². The van der Waals surface area contributed by atoms with E-state index in [1.165, 1.54) is 60.1 Å². The van der Waals surface area contributed by atoms with Crippen LogP contribution in [0.25, 0.3) is 32.3 Å². The van der Waals surface area contributed by atoms with E-state index in [-0.39, 0.29) is 0 Å². The molecule has 0 bridgehead atoms. The summed E-state index contributed by atoms with van der Waals surface area (Å²) in [5.41, 5.74) is 17.1. The molecule has 6 rings (SSSR count). The zero-order valence-corrected chi connectivity index (χ0v) is 21.0. The zero-order valence-electron chi connectivity index (χ0n) is 21.0. The number of nitrogens with zero attached hydrogens (tertiary/aromatic N) is 1. The van der Waals surface area contributed by atoms with E-state index in [1.54, 1.807) is 0 Å². The molecule has 0 unspecified atom stereocenters. The summed E-state index contributed by atoms with van der Waals surface area (Å²) < 4.78 is 0. The van der Waals surface area contributed by atoms with E-state index >= 15 is 0 Å². The second kappa shape index (κ2) is 7.74. The monoisotopic (exact) mass is 454 g/mol. The summed E-state index contributed by atoms with van der Waals surface area (Å²) in [5, 5.41) is 7.94. The average molecular weight is 455 g/mol. The van der Waals surface area contributed by atoms with Gasteiger partial charge in [-0.15, -0.1) is 0 Å². The summed E-state index contributed by atoms with van der Waals surface area (Å²) in [5.74, 6) is 0. The Morgan fingerprint density at radius 2 is 1.20 bits per heavy atom. The molecule has 2 nitrogen and oxygen atoms in total. The minimum Gasteiger partial charge on any atom is -0.397 e. The van der Waals surface area contributed by atoms with Crippen molar-refractivity contribution in [3.8, 4) is 0 Å². The Morgan fingerprint density at radius 3 is 1.89 bits per heavy atom. The van der Waals surface area contributed by atoms with Crippen LogP contribution in [0.5, 0.6) is 0 Å². The Kier molecular flexibility index (Phi) is 4.76. The number of benzene rings is 6. The van der Waals surface area contributed by atoms with Crippen LogP contribution in [0.15, 0.2) is 78.9 Å². The van der Waals surface area contributed by atoms with E-state index in [0.29, 0.717) is 0 Å². The number of nitrogens with two attached hydrogens (primary N) is 1. The van der Waals surface area contributed by atoms with Gasteiger partial charge in [-0.3, -0.25) is 0 Å². The average Bonchev–Trinajstić information content (AvgIpc) is 2.84. The lowest BCUT2D eigenvalue weighted by Gasteiger charge is -2.31. The van der Waals surface area contributed by atoms with Crippen LogP contribution in [-0.4, -0.2) is 0 Å². The molecule has 0 aliphatic rings. The molecule has 172 valence electrons. The molecule has 35 heavy (non-hydrogen) atoms. The Bertz CT molecular complexity index is 1760. The second-order valence-corrected chi connectivity index (χ2v) is 9.95. The van der Waals surface area contributed by atoms with Crippen LogP contribution in [0.4, 0.5) is 22.7 Å². The maximum absolute atomic E-state index is 6.57. The summed E-state index contributed by atoms with van der Waals surface area (Å²) in [6, 6.07) is 28.6. The summed E-state index contributed by atoms with van der Waals surface area (Å²) in [4.78, 5) is 2.34. The molecule has 6 aromatic carbocycles. The van der Waals surface area contributed by atoms with Gasteiger partial charge < -0.3 is 10.6 Å². The molecule has 0 saturated heterocycles. The fourth-order valence-electron chi connectivity index (χ4n) is 5.73. The van der Waals surface area contributed by atoms with Gasteiger partial charge in [0.05, 0.1) is 17.1 Å². The molecule has 6 aromatic rings. The van der Waals surface area contributed by atoms with Crippen LogP contribution < -0.4 is 10.6 Å². The smallest absolute Gasteiger partial charge is 0.0691 e. The minimum atomic E-state index is 0.767. The summed E-state index contributed by atoms with van der Waals surface area (Å²) in [6.45, 7) is 11.0. The van der Waals surface area contributed by atoms with Crippen molar-refractivity contribution in [3.05, 3.63) is 107 Å².